The van der Waals surface area contributed by atoms with Crippen molar-refractivity contribution in [3.63, 3.8) is 0 Å². The van der Waals surface area contributed by atoms with Gasteiger partial charge in [-0.3, -0.25) is 15.0 Å². The largest absolute Gasteiger partial charge is 0.466 e. The second kappa shape index (κ2) is 13.1. The Hall–Kier alpha value is -4.76. The van der Waals surface area contributed by atoms with E-state index >= 15 is 0 Å². The zero-order valence-electron chi connectivity index (χ0n) is 23.3. The number of anilines is 1. The van der Waals surface area contributed by atoms with Crippen molar-refractivity contribution in [2.24, 2.45) is 0 Å². The monoisotopic (exact) mass is 560 g/mol. The lowest BCUT2D eigenvalue weighted by Gasteiger charge is -2.35. The van der Waals surface area contributed by atoms with Gasteiger partial charge >= 0.3 is 11.9 Å². The quantitative estimate of drug-likeness (QED) is 0.209. The number of rotatable bonds is 9. The maximum absolute atomic E-state index is 13.4. The molecule has 0 spiro atoms. The molecule has 1 atom stereocenters. The highest BCUT2D eigenvalue weighted by atomic mass is 16.6. The van der Waals surface area contributed by atoms with E-state index in [1.54, 1.807) is 38.2 Å². The molecular weight excluding hydrogens is 528 g/mol. The van der Waals surface area contributed by atoms with Crippen molar-refractivity contribution in [2.75, 3.05) is 51.3 Å². The van der Waals surface area contributed by atoms with E-state index in [1.807, 2.05) is 0 Å². The number of allylic oxidation sites excluding steroid dienone is 2. The Morgan fingerprint density at radius 1 is 1.12 bits per heavy atom. The Bertz CT molecular complexity index is 1440. The SMILES string of the molecule is COC(=O)C1=C(C)NC(C)=C(C(=O)OCCCN2CCN(c3ncccc3C#N)CC2)C1c1cccc([N+](=O)[O-])c1. The molecule has 0 bridgehead atoms. The molecule has 4 rings (SSSR count). The molecule has 1 aromatic carbocycles. The molecule has 41 heavy (non-hydrogen) atoms. The second-order valence-electron chi connectivity index (χ2n) is 9.78. The molecule has 2 aliphatic heterocycles. The van der Waals surface area contributed by atoms with Gasteiger partial charge in [0.1, 0.15) is 11.9 Å². The number of nitrogens with zero attached hydrogens (tertiary/aromatic N) is 5. The van der Waals surface area contributed by atoms with Crippen molar-refractivity contribution in [2.45, 2.75) is 26.2 Å². The number of carbonyl (C=O) groups is 2. The summed E-state index contributed by atoms with van der Waals surface area (Å²) in [6, 6.07) is 11.6. The van der Waals surface area contributed by atoms with Gasteiger partial charge in [-0.05, 0) is 38.0 Å². The van der Waals surface area contributed by atoms with Gasteiger partial charge in [0.15, 0.2) is 0 Å². The minimum Gasteiger partial charge on any atom is -0.466 e. The van der Waals surface area contributed by atoms with Gasteiger partial charge in [0.05, 0.1) is 41.3 Å². The normalized spacial score (nSPS) is 17.5. The first-order valence-corrected chi connectivity index (χ1v) is 13.3. The number of carbonyl (C=O) groups excluding carboxylic acids is 2. The average molecular weight is 561 g/mol. The number of benzene rings is 1. The number of nitro groups is 1. The van der Waals surface area contributed by atoms with Gasteiger partial charge in [-0.1, -0.05) is 12.1 Å². The number of nitro benzene ring substituents is 1. The van der Waals surface area contributed by atoms with Crippen molar-refractivity contribution in [3.8, 4) is 6.07 Å². The van der Waals surface area contributed by atoms with E-state index in [1.165, 1.54) is 25.3 Å². The van der Waals surface area contributed by atoms with Gasteiger partial charge in [-0.25, -0.2) is 14.6 Å². The topological polar surface area (TPSA) is 151 Å². The highest BCUT2D eigenvalue weighted by molar-refractivity contribution is 5.99. The number of ether oxygens (including phenoxy) is 2. The smallest absolute Gasteiger partial charge is 0.336 e. The van der Waals surface area contributed by atoms with Crippen LogP contribution in [0, 0.1) is 21.4 Å². The van der Waals surface area contributed by atoms with Crippen LogP contribution in [0.4, 0.5) is 11.5 Å². The lowest BCUT2D eigenvalue weighted by molar-refractivity contribution is -0.384. The maximum atomic E-state index is 13.4. The predicted octanol–water partition coefficient (Wildman–Crippen LogP) is 3.02. The molecule has 12 heteroatoms. The number of aromatic nitrogens is 1. The molecule has 0 aliphatic carbocycles. The van der Waals surface area contributed by atoms with Crippen LogP contribution < -0.4 is 10.2 Å². The molecule has 2 aromatic rings. The Balaban J connectivity index is 1.40. The Labute approximate surface area is 238 Å². The molecular formula is C29H32N6O6. The van der Waals surface area contributed by atoms with E-state index in [9.17, 15) is 25.0 Å². The summed E-state index contributed by atoms with van der Waals surface area (Å²) >= 11 is 0. The number of nitrogens with one attached hydrogen (secondary N) is 1. The molecule has 1 N–H and O–H groups in total. The van der Waals surface area contributed by atoms with Crippen LogP contribution in [0.5, 0.6) is 0 Å². The fourth-order valence-corrected chi connectivity index (χ4v) is 5.25. The standard InChI is InChI=1S/C29H32N6O6/c1-19-24(28(36)40-3)26(21-7-4-9-23(17-21)35(38)39)25(20(2)32-19)29(37)41-16-6-11-33-12-14-34(15-13-33)27-22(18-30)8-5-10-31-27/h4-5,7-10,17,26,32H,6,11-16H2,1-3H3. The van der Waals surface area contributed by atoms with Crippen LogP contribution in [0.15, 0.2) is 65.1 Å². The fourth-order valence-electron chi connectivity index (χ4n) is 5.25. The van der Waals surface area contributed by atoms with Gasteiger partial charge in [0.2, 0.25) is 0 Å². The summed E-state index contributed by atoms with van der Waals surface area (Å²) in [5, 5.41) is 23.9. The molecule has 214 valence electrons. The molecule has 12 nitrogen and oxygen atoms in total. The van der Waals surface area contributed by atoms with Crippen LogP contribution in [0.25, 0.3) is 0 Å². The number of esters is 2. The number of piperazine rings is 1. The number of hydrogen-bond donors (Lipinski definition) is 1. The third-order valence-corrected chi connectivity index (χ3v) is 7.23. The summed E-state index contributed by atoms with van der Waals surface area (Å²) < 4.78 is 10.7. The first-order valence-electron chi connectivity index (χ1n) is 13.3. The van der Waals surface area contributed by atoms with Crippen LogP contribution in [0.3, 0.4) is 0 Å². The van der Waals surface area contributed by atoms with Gasteiger partial charge in [0, 0.05) is 62.4 Å². The zero-order chi connectivity index (χ0) is 29.5. The van der Waals surface area contributed by atoms with Gasteiger partial charge in [-0.15, -0.1) is 0 Å². The summed E-state index contributed by atoms with van der Waals surface area (Å²) in [4.78, 5) is 45.8. The Morgan fingerprint density at radius 2 is 1.83 bits per heavy atom. The van der Waals surface area contributed by atoms with Crippen molar-refractivity contribution in [1.29, 1.82) is 5.26 Å². The molecule has 0 amide bonds. The zero-order valence-corrected chi connectivity index (χ0v) is 23.3. The van der Waals surface area contributed by atoms with Crippen LogP contribution in [0.2, 0.25) is 0 Å². The predicted molar refractivity (Wildman–Crippen MR) is 150 cm³/mol. The number of non-ortho nitro benzene ring substituents is 1. The summed E-state index contributed by atoms with van der Waals surface area (Å²) in [6.07, 6.45) is 2.28. The number of hydrogen-bond acceptors (Lipinski definition) is 11. The highest BCUT2D eigenvalue weighted by Crippen LogP contribution is 2.40. The molecule has 3 heterocycles. The maximum Gasteiger partial charge on any atom is 0.336 e. The molecule has 0 saturated carbocycles. The fraction of sp³-hybridized carbons (Fsp3) is 0.379. The van der Waals surface area contributed by atoms with E-state index in [0.29, 0.717) is 41.3 Å². The summed E-state index contributed by atoms with van der Waals surface area (Å²) in [5.41, 5.74) is 2.20. The Kier molecular flexibility index (Phi) is 9.31. The van der Waals surface area contributed by atoms with Gasteiger partial charge < -0.3 is 19.7 Å². The van der Waals surface area contributed by atoms with Gasteiger partial charge in [-0.2, -0.15) is 5.26 Å². The van der Waals surface area contributed by atoms with Crippen LogP contribution in [-0.2, 0) is 19.1 Å². The average Bonchev–Trinajstić information content (AvgIpc) is 2.98. The van der Waals surface area contributed by atoms with Crippen molar-refractivity contribution in [1.82, 2.24) is 15.2 Å². The molecule has 1 fully saturated rings. The molecule has 1 unspecified atom stereocenters. The van der Waals surface area contributed by atoms with Crippen LogP contribution >= 0.6 is 0 Å². The lowest BCUT2D eigenvalue weighted by Crippen LogP contribution is -2.47. The van der Waals surface area contributed by atoms with E-state index in [4.69, 9.17) is 9.47 Å². The third kappa shape index (κ3) is 6.53. The van der Waals surface area contributed by atoms with E-state index in [0.717, 1.165) is 26.2 Å². The first kappa shape index (κ1) is 29.2. The molecule has 2 aliphatic rings. The molecule has 1 aromatic heterocycles. The number of dihydropyridines is 1. The molecule has 0 radical (unpaired) electrons. The van der Waals surface area contributed by atoms with Crippen molar-refractivity contribution >= 4 is 23.4 Å². The minimum absolute atomic E-state index is 0.153. The summed E-state index contributed by atoms with van der Waals surface area (Å²) in [6.45, 7) is 7.30. The van der Waals surface area contributed by atoms with Gasteiger partial charge in [0.25, 0.3) is 5.69 Å². The molecule has 1 saturated heterocycles. The number of pyridine rings is 1. The summed E-state index contributed by atoms with van der Waals surface area (Å²) in [7, 11) is 1.24. The van der Waals surface area contributed by atoms with Crippen LogP contribution in [-0.4, -0.2) is 73.2 Å². The highest BCUT2D eigenvalue weighted by Gasteiger charge is 2.38. The second-order valence-corrected chi connectivity index (χ2v) is 9.78. The van der Waals surface area contributed by atoms with Crippen LogP contribution in [0.1, 0.15) is 37.3 Å². The Morgan fingerprint density at radius 3 is 2.49 bits per heavy atom. The lowest BCUT2D eigenvalue weighted by atomic mass is 9.80. The third-order valence-electron chi connectivity index (χ3n) is 7.23. The van der Waals surface area contributed by atoms with E-state index in [2.05, 4.69) is 26.2 Å². The number of nitriles is 1. The van der Waals surface area contributed by atoms with E-state index in [-0.39, 0.29) is 23.4 Å². The van der Waals surface area contributed by atoms with Crippen molar-refractivity contribution < 1.29 is 24.0 Å². The van der Waals surface area contributed by atoms with E-state index < -0.39 is 22.8 Å². The first-order chi connectivity index (χ1) is 19.7. The summed E-state index contributed by atoms with van der Waals surface area (Å²) in [5.74, 6) is -1.45. The van der Waals surface area contributed by atoms with Crippen molar-refractivity contribution in [3.05, 3.63) is 86.4 Å². The minimum atomic E-state index is -0.894. The number of methoxy groups -OCH3 is 1.